The van der Waals surface area contributed by atoms with Crippen molar-refractivity contribution in [1.29, 1.82) is 5.26 Å². The molecular formula is C37H30Cl3N7O. The fourth-order valence-electron chi connectivity index (χ4n) is 6.36. The summed E-state index contributed by atoms with van der Waals surface area (Å²) in [5.74, 6) is -0.368. The second-order valence-electron chi connectivity index (χ2n) is 11.7. The van der Waals surface area contributed by atoms with Gasteiger partial charge in [0.15, 0.2) is 0 Å². The molecule has 0 radical (unpaired) electrons. The maximum Gasteiger partial charge on any atom is 0.272 e. The van der Waals surface area contributed by atoms with E-state index in [1.807, 2.05) is 78.2 Å². The molecule has 3 N–H and O–H groups in total. The predicted octanol–water partition coefficient (Wildman–Crippen LogP) is 8.80. The number of imidazole rings is 1. The van der Waals surface area contributed by atoms with Gasteiger partial charge in [-0.25, -0.2) is 4.98 Å². The standard InChI is InChI=1S/C37H30Cl3N7O/c1-22(27-10-8-25(38)18-29(27)40)47-21-43-34(24-5-3-2-4-6-24)36(47)33-28-11-9-26(39)19-30(28)44-35(33)37(48)45-31-17-23(20-41)7-12-32(31)46-15-13-42-14-16-46/h2-12,17-19,21-22,42,44H,13-16H2,1H3,(H,45,48)/t22-/m0/s1. The number of amides is 1. The normalized spacial score (nSPS) is 13.8. The number of carbonyl (C=O) groups excluding carboxylic acids is 1. The van der Waals surface area contributed by atoms with E-state index in [0.29, 0.717) is 48.8 Å². The molecule has 0 bridgehead atoms. The molecule has 0 aliphatic carbocycles. The first-order valence-corrected chi connectivity index (χ1v) is 16.7. The molecule has 1 aliphatic heterocycles. The minimum atomic E-state index is -0.368. The van der Waals surface area contributed by atoms with E-state index in [2.05, 4.69) is 26.6 Å². The molecular weight excluding hydrogens is 665 g/mol. The van der Waals surface area contributed by atoms with E-state index in [9.17, 15) is 10.1 Å². The number of nitrogens with zero attached hydrogens (tertiary/aromatic N) is 4. The molecule has 1 fully saturated rings. The first kappa shape index (κ1) is 31.8. The third-order valence-corrected chi connectivity index (χ3v) is 9.52. The highest BCUT2D eigenvalue weighted by Gasteiger charge is 2.29. The highest BCUT2D eigenvalue weighted by molar-refractivity contribution is 6.35. The van der Waals surface area contributed by atoms with Gasteiger partial charge in [0.1, 0.15) is 5.69 Å². The molecule has 1 amide bonds. The molecule has 48 heavy (non-hydrogen) atoms. The highest BCUT2D eigenvalue weighted by Crippen LogP contribution is 2.42. The first-order valence-electron chi connectivity index (χ1n) is 15.5. The van der Waals surface area contributed by atoms with Crippen LogP contribution in [0.2, 0.25) is 15.1 Å². The van der Waals surface area contributed by atoms with Crippen LogP contribution < -0.4 is 15.5 Å². The van der Waals surface area contributed by atoms with Gasteiger partial charge >= 0.3 is 0 Å². The second kappa shape index (κ2) is 13.4. The number of carbonyl (C=O) groups is 1. The monoisotopic (exact) mass is 693 g/mol. The number of rotatable bonds is 7. The van der Waals surface area contributed by atoms with Crippen LogP contribution in [0.25, 0.3) is 33.4 Å². The quantitative estimate of drug-likeness (QED) is 0.155. The number of nitrogens with one attached hydrogen (secondary N) is 3. The van der Waals surface area contributed by atoms with Gasteiger partial charge < -0.3 is 25.1 Å². The van der Waals surface area contributed by atoms with Crippen molar-refractivity contribution >= 4 is 63.0 Å². The number of aromatic amines is 1. The third kappa shape index (κ3) is 6.02. The van der Waals surface area contributed by atoms with Gasteiger partial charge in [0.25, 0.3) is 5.91 Å². The summed E-state index contributed by atoms with van der Waals surface area (Å²) >= 11 is 19.5. The minimum Gasteiger partial charge on any atom is -0.367 e. The van der Waals surface area contributed by atoms with Crippen LogP contribution in [-0.2, 0) is 0 Å². The topological polar surface area (TPSA) is 102 Å². The van der Waals surface area contributed by atoms with Crippen molar-refractivity contribution in [1.82, 2.24) is 19.9 Å². The van der Waals surface area contributed by atoms with E-state index in [1.165, 1.54) is 0 Å². The number of halogens is 3. The van der Waals surface area contributed by atoms with Crippen molar-refractivity contribution in [2.24, 2.45) is 0 Å². The molecule has 1 aliphatic rings. The van der Waals surface area contributed by atoms with Gasteiger partial charge in [-0.15, -0.1) is 0 Å². The van der Waals surface area contributed by atoms with Crippen molar-refractivity contribution in [3.05, 3.63) is 123 Å². The summed E-state index contributed by atoms with van der Waals surface area (Å²) in [6.45, 7) is 5.23. The van der Waals surface area contributed by atoms with Crippen molar-refractivity contribution in [3.8, 4) is 28.6 Å². The highest BCUT2D eigenvalue weighted by atomic mass is 35.5. The lowest BCUT2D eigenvalue weighted by atomic mass is 9.99. The van der Waals surface area contributed by atoms with Crippen molar-refractivity contribution in [3.63, 3.8) is 0 Å². The zero-order valence-corrected chi connectivity index (χ0v) is 28.2. The number of anilines is 2. The summed E-state index contributed by atoms with van der Waals surface area (Å²) < 4.78 is 2.04. The molecule has 4 aromatic carbocycles. The SMILES string of the molecule is C[C@@H](c1ccc(Cl)cc1Cl)n1cnc(-c2ccccc2)c1-c1c(C(=O)Nc2cc(C#N)ccc2N2CCNCC2)[nH]c2cc(Cl)ccc12. The van der Waals surface area contributed by atoms with Crippen LogP contribution in [0, 0.1) is 11.3 Å². The predicted molar refractivity (Wildman–Crippen MR) is 194 cm³/mol. The first-order chi connectivity index (χ1) is 23.3. The van der Waals surface area contributed by atoms with Gasteiger partial charge in [-0.05, 0) is 55.0 Å². The second-order valence-corrected chi connectivity index (χ2v) is 12.9. The Bertz CT molecular complexity index is 2200. The Morgan fingerprint density at radius 2 is 1.71 bits per heavy atom. The molecule has 2 aromatic heterocycles. The van der Waals surface area contributed by atoms with Gasteiger partial charge in [-0.2, -0.15) is 5.26 Å². The molecule has 0 saturated carbocycles. The summed E-state index contributed by atoms with van der Waals surface area (Å²) in [5.41, 5.74) is 6.71. The van der Waals surface area contributed by atoms with Gasteiger partial charge in [-0.1, -0.05) is 77.3 Å². The van der Waals surface area contributed by atoms with E-state index >= 15 is 0 Å². The molecule has 0 spiro atoms. The van der Waals surface area contributed by atoms with Crippen LogP contribution in [-0.4, -0.2) is 46.6 Å². The summed E-state index contributed by atoms with van der Waals surface area (Å²) in [6.07, 6.45) is 1.78. The number of aromatic nitrogens is 3. The van der Waals surface area contributed by atoms with E-state index in [-0.39, 0.29) is 11.9 Å². The molecule has 1 saturated heterocycles. The van der Waals surface area contributed by atoms with Crippen LogP contribution in [0.4, 0.5) is 11.4 Å². The lowest BCUT2D eigenvalue weighted by molar-refractivity contribution is 0.102. The third-order valence-electron chi connectivity index (χ3n) is 8.73. The summed E-state index contributed by atoms with van der Waals surface area (Å²) in [6, 6.07) is 28.1. The Morgan fingerprint density at radius 3 is 2.46 bits per heavy atom. The Hall–Kier alpha value is -4.78. The maximum absolute atomic E-state index is 14.6. The maximum atomic E-state index is 14.6. The van der Waals surface area contributed by atoms with Crippen LogP contribution in [0.3, 0.4) is 0 Å². The molecule has 6 aromatic rings. The zero-order valence-electron chi connectivity index (χ0n) is 25.9. The fourth-order valence-corrected chi connectivity index (χ4v) is 7.10. The van der Waals surface area contributed by atoms with Crippen LogP contribution in [0.15, 0.2) is 91.3 Å². The molecule has 3 heterocycles. The van der Waals surface area contributed by atoms with Crippen molar-refractivity contribution in [2.75, 3.05) is 36.4 Å². The van der Waals surface area contributed by atoms with Gasteiger partial charge in [0, 0.05) is 63.3 Å². The number of nitriles is 1. The largest absolute Gasteiger partial charge is 0.367 e. The molecule has 11 heteroatoms. The fraction of sp³-hybridized carbons (Fsp3) is 0.162. The minimum absolute atomic E-state index is 0.283. The molecule has 0 unspecified atom stereocenters. The number of H-pyrrole nitrogens is 1. The molecule has 1 atom stereocenters. The number of piperazine rings is 1. The molecule has 7 rings (SSSR count). The van der Waals surface area contributed by atoms with E-state index in [4.69, 9.17) is 39.8 Å². The Kier molecular flexibility index (Phi) is 8.86. The summed E-state index contributed by atoms with van der Waals surface area (Å²) in [5, 5.41) is 18.6. The van der Waals surface area contributed by atoms with E-state index in [1.54, 1.807) is 24.5 Å². The summed E-state index contributed by atoms with van der Waals surface area (Å²) in [4.78, 5) is 25.1. The van der Waals surface area contributed by atoms with Gasteiger partial charge in [0.05, 0.1) is 46.8 Å². The number of benzene rings is 4. The Morgan fingerprint density at radius 1 is 0.958 bits per heavy atom. The number of hydrogen-bond donors (Lipinski definition) is 3. The number of fused-ring (bicyclic) bond motifs is 1. The number of hydrogen-bond acceptors (Lipinski definition) is 5. The van der Waals surface area contributed by atoms with Crippen LogP contribution >= 0.6 is 34.8 Å². The van der Waals surface area contributed by atoms with Crippen LogP contribution in [0.1, 0.15) is 34.6 Å². The van der Waals surface area contributed by atoms with Crippen LogP contribution in [0.5, 0.6) is 0 Å². The average Bonchev–Trinajstić information content (AvgIpc) is 3.70. The van der Waals surface area contributed by atoms with Gasteiger partial charge in [0.2, 0.25) is 0 Å². The zero-order chi connectivity index (χ0) is 33.4. The van der Waals surface area contributed by atoms with E-state index in [0.717, 1.165) is 54.1 Å². The smallest absolute Gasteiger partial charge is 0.272 e. The Labute approximate surface area is 292 Å². The van der Waals surface area contributed by atoms with Crippen molar-refractivity contribution in [2.45, 2.75) is 13.0 Å². The average molecular weight is 695 g/mol. The molecule has 8 nitrogen and oxygen atoms in total. The lowest BCUT2D eigenvalue weighted by Crippen LogP contribution is -2.43. The van der Waals surface area contributed by atoms with Gasteiger partial charge in [-0.3, -0.25) is 4.79 Å². The van der Waals surface area contributed by atoms with E-state index < -0.39 is 0 Å². The van der Waals surface area contributed by atoms with Crippen molar-refractivity contribution < 1.29 is 4.79 Å². The Balaban J connectivity index is 1.43. The summed E-state index contributed by atoms with van der Waals surface area (Å²) in [7, 11) is 0. The molecule has 240 valence electrons. The lowest BCUT2D eigenvalue weighted by Gasteiger charge is -2.31.